The van der Waals surface area contributed by atoms with E-state index in [1.807, 2.05) is 0 Å². The minimum atomic E-state index is -3.20. The predicted octanol–water partition coefficient (Wildman–Crippen LogP) is 1.28. The lowest BCUT2D eigenvalue weighted by atomic mass is 10.1. The largest absolute Gasteiger partial charge is 0.478 e. The van der Waals surface area contributed by atoms with E-state index >= 15 is 0 Å². The molecule has 1 atom stereocenters. The van der Waals surface area contributed by atoms with Crippen LogP contribution in [0.15, 0.2) is 24.3 Å². The molecule has 21 heavy (non-hydrogen) atoms. The normalized spacial score (nSPS) is 12.7. The maximum atomic E-state index is 12.4. The Bertz CT molecular complexity index is 639. The van der Waals surface area contributed by atoms with Crippen LogP contribution in [0.3, 0.4) is 0 Å². The molecule has 0 saturated carbocycles. The number of amides is 1. The number of hydrogen-bond donors (Lipinski definition) is 1. The molecular formula is C14H19NO5S. The molecule has 0 saturated heterocycles. The van der Waals surface area contributed by atoms with Gasteiger partial charge in [-0.1, -0.05) is 6.07 Å². The lowest BCUT2D eigenvalue weighted by Crippen LogP contribution is -2.42. The summed E-state index contributed by atoms with van der Waals surface area (Å²) < 4.78 is 22.7. The molecule has 0 bridgehead atoms. The van der Waals surface area contributed by atoms with Crippen molar-refractivity contribution in [3.8, 4) is 0 Å². The van der Waals surface area contributed by atoms with E-state index < -0.39 is 21.8 Å². The van der Waals surface area contributed by atoms with Gasteiger partial charge in [0, 0.05) is 24.4 Å². The van der Waals surface area contributed by atoms with E-state index in [4.69, 9.17) is 5.11 Å². The van der Waals surface area contributed by atoms with E-state index in [0.29, 0.717) is 6.54 Å². The number of carbonyl (C=O) groups is 2. The smallest absolute Gasteiger partial charge is 0.335 e. The maximum Gasteiger partial charge on any atom is 0.335 e. The van der Waals surface area contributed by atoms with Gasteiger partial charge in [-0.05, 0) is 32.0 Å². The first kappa shape index (κ1) is 17.2. The number of carboxylic acids is 1. The quantitative estimate of drug-likeness (QED) is 0.854. The molecule has 0 spiro atoms. The van der Waals surface area contributed by atoms with Crippen molar-refractivity contribution in [3.05, 3.63) is 35.4 Å². The fourth-order valence-corrected chi connectivity index (χ4v) is 3.19. The Morgan fingerprint density at radius 3 is 2.33 bits per heavy atom. The molecule has 1 unspecified atom stereocenters. The highest BCUT2D eigenvalue weighted by Gasteiger charge is 2.23. The van der Waals surface area contributed by atoms with Gasteiger partial charge >= 0.3 is 5.97 Å². The minimum Gasteiger partial charge on any atom is -0.478 e. The molecular weight excluding hydrogens is 294 g/mol. The van der Waals surface area contributed by atoms with Crippen LogP contribution in [-0.4, -0.2) is 54.9 Å². The van der Waals surface area contributed by atoms with E-state index in [9.17, 15) is 18.0 Å². The number of nitrogens with zero attached hydrogens (tertiary/aromatic N) is 1. The van der Waals surface area contributed by atoms with Gasteiger partial charge in [-0.25, -0.2) is 13.2 Å². The van der Waals surface area contributed by atoms with Crippen molar-refractivity contribution >= 4 is 21.7 Å². The summed E-state index contributed by atoms with van der Waals surface area (Å²) in [5.74, 6) is -1.63. The average molecular weight is 313 g/mol. The van der Waals surface area contributed by atoms with Gasteiger partial charge in [0.1, 0.15) is 9.84 Å². The molecule has 0 radical (unpaired) electrons. The van der Waals surface area contributed by atoms with Crippen molar-refractivity contribution in [1.29, 1.82) is 0 Å². The van der Waals surface area contributed by atoms with Crippen molar-refractivity contribution in [2.24, 2.45) is 0 Å². The first-order valence-electron chi connectivity index (χ1n) is 6.47. The Labute approximate surface area is 124 Å². The summed E-state index contributed by atoms with van der Waals surface area (Å²) in [4.78, 5) is 24.8. The van der Waals surface area contributed by atoms with Gasteiger partial charge in [0.25, 0.3) is 5.91 Å². The summed E-state index contributed by atoms with van der Waals surface area (Å²) >= 11 is 0. The third-order valence-corrected chi connectivity index (χ3v) is 4.12. The summed E-state index contributed by atoms with van der Waals surface area (Å²) in [6.07, 6.45) is 1.12. The van der Waals surface area contributed by atoms with Gasteiger partial charge in [0.05, 0.1) is 11.3 Å². The van der Waals surface area contributed by atoms with Crippen molar-refractivity contribution in [2.75, 3.05) is 18.6 Å². The zero-order chi connectivity index (χ0) is 16.2. The molecule has 0 fully saturated rings. The Hall–Kier alpha value is -1.89. The predicted molar refractivity (Wildman–Crippen MR) is 79.3 cm³/mol. The highest BCUT2D eigenvalue weighted by Crippen LogP contribution is 2.12. The molecule has 0 heterocycles. The van der Waals surface area contributed by atoms with Crippen LogP contribution in [0.1, 0.15) is 34.6 Å². The first-order chi connectivity index (χ1) is 9.65. The molecule has 1 aromatic carbocycles. The number of carbonyl (C=O) groups excluding carboxylic acids is 1. The van der Waals surface area contributed by atoms with Crippen molar-refractivity contribution in [2.45, 2.75) is 19.9 Å². The third-order valence-electron chi connectivity index (χ3n) is 3.03. The van der Waals surface area contributed by atoms with Crippen LogP contribution in [0.25, 0.3) is 0 Å². The number of sulfone groups is 1. The zero-order valence-electron chi connectivity index (χ0n) is 12.2. The Morgan fingerprint density at radius 1 is 1.29 bits per heavy atom. The van der Waals surface area contributed by atoms with E-state index in [1.165, 1.54) is 29.2 Å². The average Bonchev–Trinajstić information content (AvgIpc) is 2.37. The minimum absolute atomic E-state index is 0.0210. The zero-order valence-corrected chi connectivity index (χ0v) is 13.1. The van der Waals surface area contributed by atoms with E-state index in [-0.39, 0.29) is 22.8 Å². The molecule has 7 heteroatoms. The second-order valence-electron chi connectivity index (χ2n) is 4.92. The molecule has 6 nitrogen and oxygen atoms in total. The van der Waals surface area contributed by atoms with Gasteiger partial charge in [-0.15, -0.1) is 0 Å². The molecule has 0 aromatic heterocycles. The Kier molecular flexibility index (Phi) is 5.48. The van der Waals surface area contributed by atoms with E-state index in [0.717, 1.165) is 6.26 Å². The SMILES string of the molecule is CCN(C(=O)c1cccc(C(=O)O)c1)C(C)CS(C)(=O)=O. The monoisotopic (exact) mass is 313 g/mol. The first-order valence-corrected chi connectivity index (χ1v) is 8.53. The lowest BCUT2D eigenvalue weighted by molar-refractivity contribution is 0.0697. The third kappa shape index (κ3) is 4.86. The van der Waals surface area contributed by atoms with Gasteiger partial charge in [-0.2, -0.15) is 0 Å². The molecule has 1 rings (SSSR count). The molecule has 116 valence electrons. The summed E-state index contributed by atoms with van der Waals surface area (Å²) in [6.45, 7) is 3.74. The summed E-state index contributed by atoms with van der Waals surface area (Å²) in [5, 5.41) is 8.94. The highest BCUT2D eigenvalue weighted by atomic mass is 32.2. The highest BCUT2D eigenvalue weighted by molar-refractivity contribution is 7.90. The molecule has 1 aromatic rings. The number of hydrogen-bond acceptors (Lipinski definition) is 4. The summed E-state index contributed by atoms with van der Waals surface area (Å²) in [7, 11) is -3.20. The lowest BCUT2D eigenvalue weighted by Gasteiger charge is -2.27. The molecule has 0 aliphatic heterocycles. The van der Waals surface area contributed by atoms with Gasteiger partial charge in [0.15, 0.2) is 0 Å². The molecule has 1 N–H and O–H groups in total. The van der Waals surface area contributed by atoms with E-state index in [1.54, 1.807) is 13.8 Å². The topological polar surface area (TPSA) is 91.8 Å². The second-order valence-corrected chi connectivity index (χ2v) is 7.10. The van der Waals surface area contributed by atoms with Crippen LogP contribution in [0, 0.1) is 0 Å². The van der Waals surface area contributed by atoms with Crippen LogP contribution >= 0.6 is 0 Å². The van der Waals surface area contributed by atoms with Crippen molar-refractivity contribution in [3.63, 3.8) is 0 Å². The van der Waals surface area contributed by atoms with Crippen molar-refractivity contribution in [1.82, 2.24) is 4.90 Å². The van der Waals surface area contributed by atoms with Crippen LogP contribution in [0.4, 0.5) is 0 Å². The number of rotatable bonds is 6. The second kappa shape index (κ2) is 6.71. The maximum absolute atomic E-state index is 12.4. The number of carboxylic acid groups (broad SMARTS) is 1. The van der Waals surface area contributed by atoms with Gasteiger partial charge < -0.3 is 10.0 Å². The van der Waals surface area contributed by atoms with Crippen LogP contribution in [0.5, 0.6) is 0 Å². The fraction of sp³-hybridized carbons (Fsp3) is 0.429. The van der Waals surface area contributed by atoms with E-state index in [2.05, 4.69) is 0 Å². The van der Waals surface area contributed by atoms with Crippen molar-refractivity contribution < 1.29 is 23.1 Å². The summed E-state index contributed by atoms with van der Waals surface area (Å²) in [6, 6.07) is 5.22. The number of aromatic carboxylic acids is 1. The Morgan fingerprint density at radius 2 is 1.86 bits per heavy atom. The van der Waals surface area contributed by atoms with Crippen LogP contribution in [0.2, 0.25) is 0 Å². The molecule has 1 amide bonds. The summed E-state index contributed by atoms with van der Waals surface area (Å²) in [5.41, 5.74) is 0.254. The Balaban J connectivity index is 3.03. The van der Waals surface area contributed by atoms with Gasteiger partial charge in [0.2, 0.25) is 0 Å². The van der Waals surface area contributed by atoms with Crippen LogP contribution in [-0.2, 0) is 9.84 Å². The number of benzene rings is 1. The molecule has 0 aliphatic carbocycles. The van der Waals surface area contributed by atoms with Crippen LogP contribution < -0.4 is 0 Å². The standard InChI is InChI=1S/C14H19NO5S/c1-4-15(10(2)9-21(3,19)20)13(16)11-6-5-7-12(8-11)14(17)18/h5-8,10H,4,9H2,1-3H3,(H,17,18). The van der Waals surface area contributed by atoms with Gasteiger partial charge in [-0.3, -0.25) is 4.79 Å². The molecule has 0 aliphatic rings. The fourth-order valence-electron chi connectivity index (χ4n) is 2.13.